The number of hydrogen-bond donors (Lipinski definition) is 4. The minimum absolute atomic E-state index is 0.0129. The van der Waals surface area contributed by atoms with Crippen LogP contribution in [0.3, 0.4) is 0 Å². The Bertz CT molecular complexity index is 967. The standard InChI is InChI=1S/C28H40F3N5O2/c1-20(2)18-25(35-26(28(29,30)31)21-6-4-3-5-7-21)27(37)34-23(12-13-32)19-33-22-8-10-24(11-9-22)36-14-16-38-17-15-36/h3-11,20,23,25-26,33,35H,12-19,32H2,1-2H3,(H,34,37)/t23-,25-,26-/m0/s1. The summed E-state index contributed by atoms with van der Waals surface area (Å²) in [4.78, 5) is 15.5. The molecule has 5 N–H and O–H groups in total. The van der Waals surface area contributed by atoms with Crippen LogP contribution in [0.1, 0.15) is 38.3 Å². The van der Waals surface area contributed by atoms with Crippen LogP contribution in [-0.2, 0) is 9.53 Å². The average Bonchev–Trinajstić information content (AvgIpc) is 2.90. The molecular weight excluding hydrogens is 495 g/mol. The number of amides is 1. The van der Waals surface area contributed by atoms with Crippen LogP contribution < -0.4 is 26.6 Å². The number of nitrogens with zero attached hydrogens (tertiary/aromatic N) is 1. The van der Waals surface area contributed by atoms with Crippen LogP contribution >= 0.6 is 0 Å². The SMILES string of the molecule is CC(C)C[C@H](N[C@@H](c1ccccc1)C(F)(F)F)C(=O)N[C@@H](CCN)CNc1ccc(N2CCOCC2)cc1. The van der Waals surface area contributed by atoms with Gasteiger partial charge in [-0.15, -0.1) is 0 Å². The smallest absolute Gasteiger partial charge is 0.383 e. The lowest BCUT2D eigenvalue weighted by Crippen LogP contribution is -2.53. The number of alkyl halides is 3. The van der Waals surface area contributed by atoms with Crippen molar-refractivity contribution in [2.75, 3.05) is 49.6 Å². The second-order valence-electron chi connectivity index (χ2n) is 10.0. The van der Waals surface area contributed by atoms with Crippen molar-refractivity contribution in [2.45, 2.75) is 51.0 Å². The van der Waals surface area contributed by atoms with E-state index in [4.69, 9.17) is 10.5 Å². The normalized spacial score (nSPS) is 16.7. The zero-order valence-electron chi connectivity index (χ0n) is 22.1. The number of nitrogens with one attached hydrogen (secondary N) is 3. The van der Waals surface area contributed by atoms with Gasteiger partial charge in [-0.1, -0.05) is 44.2 Å². The Morgan fingerprint density at radius 1 is 1.05 bits per heavy atom. The summed E-state index contributed by atoms with van der Waals surface area (Å²) < 4.78 is 47.3. The summed E-state index contributed by atoms with van der Waals surface area (Å²) in [5, 5.41) is 8.85. The number of ether oxygens (including phenoxy) is 1. The highest BCUT2D eigenvalue weighted by Crippen LogP contribution is 2.33. The van der Waals surface area contributed by atoms with Gasteiger partial charge in [0.2, 0.25) is 5.91 Å². The summed E-state index contributed by atoms with van der Waals surface area (Å²) in [7, 11) is 0. The van der Waals surface area contributed by atoms with Gasteiger partial charge in [0.25, 0.3) is 0 Å². The Labute approximate surface area is 223 Å². The van der Waals surface area contributed by atoms with Crippen molar-refractivity contribution in [3.8, 4) is 0 Å². The zero-order chi connectivity index (χ0) is 27.5. The Hall–Kier alpha value is -2.82. The molecule has 3 rings (SSSR count). The number of carbonyl (C=O) groups excluding carboxylic acids is 1. The van der Waals surface area contributed by atoms with E-state index in [0.717, 1.165) is 24.5 Å². The quantitative estimate of drug-likeness (QED) is 0.309. The highest BCUT2D eigenvalue weighted by atomic mass is 19.4. The molecule has 0 bridgehead atoms. The number of halogens is 3. The van der Waals surface area contributed by atoms with Gasteiger partial charge in [-0.2, -0.15) is 13.2 Å². The average molecular weight is 536 g/mol. The fraction of sp³-hybridized carbons (Fsp3) is 0.536. The summed E-state index contributed by atoms with van der Waals surface area (Å²) in [6.45, 7) is 7.62. The van der Waals surface area contributed by atoms with Gasteiger partial charge in [-0.25, -0.2) is 0 Å². The van der Waals surface area contributed by atoms with Crippen molar-refractivity contribution in [3.63, 3.8) is 0 Å². The monoisotopic (exact) mass is 535 g/mol. The summed E-state index contributed by atoms with van der Waals surface area (Å²) in [6, 6.07) is 12.3. The first-order valence-electron chi connectivity index (χ1n) is 13.2. The highest BCUT2D eigenvalue weighted by Gasteiger charge is 2.43. The molecule has 1 aliphatic heterocycles. The van der Waals surface area contributed by atoms with Gasteiger partial charge in [0, 0.05) is 37.1 Å². The lowest BCUT2D eigenvalue weighted by Gasteiger charge is -2.30. The predicted molar refractivity (Wildman–Crippen MR) is 145 cm³/mol. The predicted octanol–water partition coefficient (Wildman–Crippen LogP) is 4.08. The van der Waals surface area contributed by atoms with E-state index in [0.29, 0.717) is 32.7 Å². The molecule has 2 aromatic rings. The molecule has 0 radical (unpaired) electrons. The molecule has 3 atom stereocenters. The fourth-order valence-corrected chi connectivity index (χ4v) is 4.53. The van der Waals surface area contributed by atoms with Crippen LogP contribution in [0.5, 0.6) is 0 Å². The first-order chi connectivity index (χ1) is 18.2. The maximum Gasteiger partial charge on any atom is 0.407 e. The number of carbonyl (C=O) groups is 1. The van der Waals surface area contributed by atoms with Crippen LogP contribution in [0, 0.1) is 5.92 Å². The molecule has 38 heavy (non-hydrogen) atoms. The molecule has 7 nitrogen and oxygen atoms in total. The first-order valence-corrected chi connectivity index (χ1v) is 13.2. The topological polar surface area (TPSA) is 91.7 Å². The van der Waals surface area contributed by atoms with E-state index < -0.39 is 24.2 Å². The van der Waals surface area contributed by atoms with E-state index in [2.05, 4.69) is 20.9 Å². The molecule has 1 heterocycles. The molecule has 1 saturated heterocycles. The summed E-state index contributed by atoms with van der Waals surface area (Å²) in [5.41, 5.74) is 7.86. The van der Waals surface area contributed by atoms with E-state index in [1.54, 1.807) is 18.2 Å². The minimum atomic E-state index is -4.55. The largest absolute Gasteiger partial charge is 0.407 e. The van der Waals surface area contributed by atoms with Crippen molar-refractivity contribution in [3.05, 3.63) is 60.2 Å². The molecule has 0 unspecified atom stereocenters. The Morgan fingerprint density at radius 2 is 1.71 bits per heavy atom. The van der Waals surface area contributed by atoms with Gasteiger partial charge in [0.15, 0.2) is 0 Å². The third kappa shape index (κ3) is 9.18. The number of morpholine rings is 1. The third-order valence-corrected chi connectivity index (χ3v) is 6.51. The number of nitrogens with two attached hydrogens (primary N) is 1. The van der Waals surface area contributed by atoms with E-state index in [9.17, 15) is 18.0 Å². The maximum absolute atomic E-state index is 14.0. The zero-order valence-corrected chi connectivity index (χ0v) is 22.1. The van der Waals surface area contributed by atoms with E-state index in [1.165, 1.54) is 12.1 Å². The van der Waals surface area contributed by atoms with Crippen molar-refractivity contribution < 1.29 is 22.7 Å². The number of rotatable bonds is 13. The van der Waals surface area contributed by atoms with E-state index >= 15 is 0 Å². The van der Waals surface area contributed by atoms with Crippen LogP contribution in [0.25, 0.3) is 0 Å². The summed E-state index contributed by atoms with van der Waals surface area (Å²) in [6.07, 6.45) is -3.81. The van der Waals surface area contributed by atoms with Crippen molar-refractivity contribution in [2.24, 2.45) is 11.7 Å². The molecule has 10 heteroatoms. The van der Waals surface area contributed by atoms with Crippen LogP contribution in [0.4, 0.5) is 24.5 Å². The molecule has 0 aromatic heterocycles. The molecule has 1 amide bonds. The minimum Gasteiger partial charge on any atom is -0.383 e. The molecule has 2 aromatic carbocycles. The molecule has 0 spiro atoms. The fourth-order valence-electron chi connectivity index (χ4n) is 4.53. The molecule has 0 saturated carbocycles. The van der Waals surface area contributed by atoms with Crippen LogP contribution in [-0.4, -0.2) is 63.6 Å². The van der Waals surface area contributed by atoms with E-state index in [1.807, 2.05) is 38.1 Å². The molecule has 210 valence electrons. The Balaban J connectivity index is 1.64. The number of benzene rings is 2. The number of hydrogen-bond acceptors (Lipinski definition) is 6. The van der Waals surface area contributed by atoms with Crippen molar-refractivity contribution in [1.29, 1.82) is 0 Å². The highest BCUT2D eigenvalue weighted by molar-refractivity contribution is 5.82. The molecule has 0 aliphatic carbocycles. The lowest BCUT2D eigenvalue weighted by atomic mass is 9.99. The van der Waals surface area contributed by atoms with Gasteiger partial charge in [-0.3, -0.25) is 10.1 Å². The number of anilines is 2. The van der Waals surface area contributed by atoms with E-state index in [-0.39, 0.29) is 23.9 Å². The third-order valence-electron chi connectivity index (χ3n) is 6.51. The summed E-state index contributed by atoms with van der Waals surface area (Å²) >= 11 is 0. The van der Waals surface area contributed by atoms with Gasteiger partial charge in [-0.05, 0) is 55.1 Å². The van der Waals surface area contributed by atoms with Crippen LogP contribution in [0.2, 0.25) is 0 Å². The maximum atomic E-state index is 14.0. The molecular formula is C28H40F3N5O2. The lowest BCUT2D eigenvalue weighted by molar-refractivity contribution is -0.161. The first kappa shape index (κ1) is 29.7. The Morgan fingerprint density at radius 3 is 2.29 bits per heavy atom. The van der Waals surface area contributed by atoms with Crippen molar-refractivity contribution in [1.82, 2.24) is 10.6 Å². The van der Waals surface area contributed by atoms with Gasteiger partial charge in [0.1, 0.15) is 6.04 Å². The Kier molecular flexibility index (Phi) is 11.2. The van der Waals surface area contributed by atoms with Gasteiger partial charge < -0.3 is 26.0 Å². The second kappa shape index (κ2) is 14.4. The van der Waals surface area contributed by atoms with Gasteiger partial charge in [0.05, 0.1) is 19.3 Å². The van der Waals surface area contributed by atoms with Crippen molar-refractivity contribution >= 4 is 17.3 Å². The molecule has 1 fully saturated rings. The summed E-state index contributed by atoms with van der Waals surface area (Å²) in [5.74, 6) is -0.453. The molecule has 1 aliphatic rings. The second-order valence-corrected chi connectivity index (χ2v) is 10.0. The van der Waals surface area contributed by atoms with Crippen LogP contribution in [0.15, 0.2) is 54.6 Å². The van der Waals surface area contributed by atoms with Gasteiger partial charge >= 0.3 is 6.18 Å².